The summed E-state index contributed by atoms with van der Waals surface area (Å²) in [5, 5.41) is 14.5. The van der Waals surface area contributed by atoms with E-state index >= 15 is 0 Å². The molecule has 1 aromatic carbocycles. The van der Waals surface area contributed by atoms with E-state index < -0.39 is 0 Å². The van der Waals surface area contributed by atoms with Crippen molar-refractivity contribution in [2.75, 3.05) is 17.7 Å². The topological polar surface area (TPSA) is 93.2 Å². The quantitative estimate of drug-likeness (QED) is 0.811. The van der Waals surface area contributed by atoms with Crippen molar-refractivity contribution in [1.82, 2.24) is 10.2 Å². The molecule has 0 aliphatic carbocycles. The number of carbonyl (C=O) groups is 2. The molecule has 0 saturated carbocycles. The van der Waals surface area contributed by atoms with E-state index in [1.807, 2.05) is 6.92 Å². The van der Waals surface area contributed by atoms with E-state index in [1.54, 1.807) is 31.4 Å². The van der Waals surface area contributed by atoms with Crippen molar-refractivity contribution in [3.05, 3.63) is 29.3 Å². The summed E-state index contributed by atoms with van der Waals surface area (Å²) in [6, 6.07) is 6.99. The highest BCUT2D eigenvalue weighted by atomic mass is 32.1. The van der Waals surface area contributed by atoms with Crippen molar-refractivity contribution in [2.24, 2.45) is 0 Å². The van der Waals surface area contributed by atoms with Crippen LogP contribution in [-0.4, -0.2) is 29.1 Å². The molecule has 0 aliphatic rings. The Kier molecular flexibility index (Phi) is 6.04. The smallest absolute Gasteiger partial charge is 0.226 e. The summed E-state index contributed by atoms with van der Waals surface area (Å²) in [6.07, 6.45) is 0.956. The first kappa shape index (κ1) is 16.9. The maximum absolute atomic E-state index is 11.8. The van der Waals surface area contributed by atoms with Gasteiger partial charge in [-0.15, -0.1) is 10.2 Å². The average Bonchev–Trinajstić information content (AvgIpc) is 3.01. The van der Waals surface area contributed by atoms with Gasteiger partial charge in [-0.25, -0.2) is 0 Å². The van der Waals surface area contributed by atoms with Crippen LogP contribution in [0.25, 0.3) is 0 Å². The molecule has 2 amide bonds. The van der Waals surface area contributed by atoms with Gasteiger partial charge in [0.25, 0.3) is 0 Å². The third kappa shape index (κ3) is 5.33. The maximum atomic E-state index is 11.8. The van der Waals surface area contributed by atoms with Gasteiger partial charge >= 0.3 is 0 Å². The van der Waals surface area contributed by atoms with Gasteiger partial charge in [0.2, 0.25) is 16.9 Å². The van der Waals surface area contributed by atoms with Crippen LogP contribution < -0.4 is 15.4 Å². The molecule has 7 nitrogen and oxygen atoms in total. The molecule has 0 spiro atoms. The predicted octanol–water partition coefficient (Wildman–Crippen LogP) is 2.47. The number of aromatic nitrogens is 2. The highest BCUT2D eigenvalue weighted by molar-refractivity contribution is 7.15. The Hall–Kier alpha value is -2.48. The molecule has 1 heterocycles. The molecule has 1 aromatic heterocycles. The fourth-order valence-corrected chi connectivity index (χ4v) is 2.45. The zero-order valence-electron chi connectivity index (χ0n) is 13.0. The van der Waals surface area contributed by atoms with E-state index in [0.717, 1.165) is 11.4 Å². The van der Waals surface area contributed by atoms with Gasteiger partial charge in [0, 0.05) is 18.5 Å². The minimum atomic E-state index is -0.256. The summed E-state index contributed by atoms with van der Waals surface area (Å²) < 4.78 is 5.04. The van der Waals surface area contributed by atoms with Crippen LogP contribution in [0.4, 0.5) is 10.8 Å². The van der Waals surface area contributed by atoms with E-state index in [1.165, 1.54) is 11.3 Å². The average molecular weight is 334 g/mol. The van der Waals surface area contributed by atoms with Gasteiger partial charge in [-0.2, -0.15) is 0 Å². The van der Waals surface area contributed by atoms with E-state index in [2.05, 4.69) is 20.8 Å². The van der Waals surface area contributed by atoms with Crippen LogP contribution in [0.2, 0.25) is 0 Å². The summed E-state index contributed by atoms with van der Waals surface area (Å²) in [5.74, 6) is 0.233. The lowest BCUT2D eigenvalue weighted by Gasteiger charge is -2.06. The fourth-order valence-electron chi connectivity index (χ4n) is 1.75. The lowest BCUT2D eigenvalue weighted by Crippen LogP contribution is -2.17. The molecule has 0 bridgehead atoms. The first-order valence-electron chi connectivity index (χ1n) is 7.17. The molecule has 0 radical (unpaired) electrons. The van der Waals surface area contributed by atoms with Crippen LogP contribution in [0.5, 0.6) is 5.75 Å². The van der Waals surface area contributed by atoms with Gasteiger partial charge in [-0.05, 0) is 30.7 Å². The molecular formula is C15H18N4O3S. The molecule has 2 aromatic rings. The van der Waals surface area contributed by atoms with Crippen molar-refractivity contribution in [2.45, 2.75) is 26.2 Å². The molecular weight excluding hydrogens is 316 g/mol. The molecule has 2 rings (SSSR count). The van der Waals surface area contributed by atoms with Gasteiger partial charge in [0.1, 0.15) is 10.8 Å². The number of nitrogens with one attached hydrogen (secondary N) is 2. The van der Waals surface area contributed by atoms with E-state index in [4.69, 9.17) is 4.74 Å². The number of rotatable bonds is 7. The second kappa shape index (κ2) is 8.23. The van der Waals surface area contributed by atoms with Gasteiger partial charge in [-0.1, -0.05) is 18.3 Å². The molecule has 0 saturated heterocycles. The Labute approximate surface area is 138 Å². The van der Waals surface area contributed by atoms with E-state index in [0.29, 0.717) is 16.6 Å². The summed E-state index contributed by atoms with van der Waals surface area (Å²) >= 11 is 1.33. The molecule has 8 heteroatoms. The number of methoxy groups -OCH3 is 1. The number of hydrogen-bond donors (Lipinski definition) is 2. The van der Waals surface area contributed by atoms with Crippen molar-refractivity contribution in [3.8, 4) is 5.75 Å². The van der Waals surface area contributed by atoms with Crippen molar-refractivity contribution < 1.29 is 14.3 Å². The second-order valence-electron chi connectivity index (χ2n) is 4.68. The molecule has 122 valence electrons. The monoisotopic (exact) mass is 334 g/mol. The third-order valence-corrected chi connectivity index (χ3v) is 3.95. The first-order valence-corrected chi connectivity index (χ1v) is 7.98. The van der Waals surface area contributed by atoms with Crippen LogP contribution in [-0.2, 0) is 16.0 Å². The number of ether oxygens (including phenoxy) is 1. The zero-order valence-corrected chi connectivity index (χ0v) is 13.8. The van der Waals surface area contributed by atoms with E-state index in [-0.39, 0.29) is 24.7 Å². The molecule has 0 aliphatic heterocycles. The summed E-state index contributed by atoms with van der Waals surface area (Å²) in [4.78, 5) is 23.6. The number of amides is 2. The summed E-state index contributed by atoms with van der Waals surface area (Å²) in [7, 11) is 1.58. The summed E-state index contributed by atoms with van der Waals surface area (Å²) in [6.45, 7) is 1.97. The van der Waals surface area contributed by atoms with Crippen molar-refractivity contribution in [1.29, 1.82) is 0 Å². The van der Waals surface area contributed by atoms with Crippen LogP contribution in [0, 0.1) is 0 Å². The number of hydrogen-bond acceptors (Lipinski definition) is 6. The first-order chi connectivity index (χ1) is 11.1. The van der Waals surface area contributed by atoms with Crippen LogP contribution in [0.3, 0.4) is 0 Å². The van der Waals surface area contributed by atoms with Crippen molar-refractivity contribution in [3.63, 3.8) is 0 Å². The Morgan fingerprint density at radius 1 is 1.09 bits per heavy atom. The molecule has 2 N–H and O–H groups in total. The number of aryl methyl sites for hydroxylation is 1. The normalized spacial score (nSPS) is 10.2. The zero-order chi connectivity index (χ0) is 16.7. The van der Waals surface area contributed by atoms with Crippen LogP contribution in [0.1, 0.15) is 24.8 Å². The minimum absolute atomic E-state index is 0.0863. The third-order valence-electron chi connectivity index (χ3n) is 2.97. The Bertz CT molecular complexity index is 670. The Morgan fingerprint density at radius 3 is 2.30 bits per heavy atom. The number of benzene rings is 1. The molecule has 0 atom stereocenters. The Balaban J connectivity index is 1.75. The molecule has 0 unspecified atom stereocenters. The number of nitrogens with zero attached hydrogens (tertiary/aromatic N) is 2. The highest BCUT2D eigenvalue weighted by Crippen LogP contribution is 2.17. The summed E-state index contributed by atoms with van der Waals surface area (Å²) in [5.41, 5.74) is 0.660. The van der Waals surface area contributed by atoms with Gasteiger partial charge < -0.3 is 15.4 Å². The molecule has 23 heavy (non-hydrogen) atoms. The van der Waals surface area contributed by atoms with Crippen molar-refractivity contribution >= 4 is 34.0 Å². The maximum Gasteiger partial charge on any atom is 0.226 e. The molecule has 0 fully saturated rings. The van der Waals surface area contributed by atoms with Gasteiger partial charge in [-0.3, -0.25) is 9.59 Å². The van der Waals surface area contributed by atoms with E-state index in [9.17, 15) is 9.59 Å². The van der Waals surface area contributed by atoms with Crippen LogP contribution in [0.15, 0.2) is 24.3 Å². The SMILES string of the molecule is CCc1nnc(NC(=O)CCC(=O)Nc2ccc(OC)cc2)s1. The Morgan fingerprint density at radius 2 is 1.74 bits per heavy atom. The van der Waals surface area contributed by atoms with Crippen LogP contribution >= 0.6 is 11.3 Å². The largest absolute Gasteiger partial charge is 0.497 e. The standard InChI is InChI=1S/C15H18N4O3S/c1-3-14-18-19-15(23-14)17-13(21)9-8-12(20)16-10-4-6-11(22-2)7-5-10/h4-7H,3,8-9H2,1-2H3,(H,16,20)(H,17,19,21). The number of carbonyl (C=O) groups excluding carboxylic acids is 2. The highest BCUT2D eigenvalue weighted by Gasteiger charge is 2.10. The second-order valence-corrected chi connectivity index (χ2v) is 5.74. The lowest BCUT2D eigenvalue weighted by molar-refractivity contribution is -0.121. The van der Waals surface area contributed by atoms with Gasteiger partial charge in [0.15, 0.2) is 0 Å². The number of anilines is 2. The predicted molar refractivity (Wildman–Crippen MR) is 88.8 cm³/mol. The van der Waals surface area contributed by atoms with Gasteiger partial charge in [0.05, 0.1) is 7.11 Å². The minimum Gasteiger partial charge on any atom is -0.497 e. The fraction of sp³-hybridized carbons (Fsp3) is 0.333. The lowest BCUT2D eigenvalue weighted by atomic mass is 10.2.